The highest BCUT2D eigenvalue weighted by molar-refractivity contribution is 6.00. The normalized spacial score (nSPS) is 10.1. The Balaban J connectivity index is 2.58. The van der Waals surface area contributed by atoms with E-state index in [0.717, 1.165) is 12.3 Å². The van der Waals surface area contributed by atoms with Gasteiger partial charge in [-0.25, -0.2) is 13.8 Å². The molecule has 2 rings (SSSR count). The molecular formula is C10H5AlF2N2O. The van der Waals surface area contributed by atoms with Crippen LogP contribution in [0.5, 0.6) is 5.75 Å². The molecule has 0 aliphatic rings. The van der Waals surface area contributed by atoms with Gasteiger partial charge in [0, 0.05) is 12.3 Å². The van der Waals surface area contributed by atoms with Crippen LogP contribution in [0.1, 0.15) is 0 Å². The molecule has 0 spiro atoms. The van der Waals surface area contributed by atoms with Gasteiger partial charge in [0.1, 0.15) is 23.0 Å². The number of rotatable bonds is 2. The number of hydrogen-bond acceptors (Lipinski definition) is 3. The Morgan fingerprint density at radius 1 is 1.19 bits per heavy atom. The Kier molecular flexibility index (Phi) is 3.13. The molecule has 2 radical (unpaired) electrons. The first-order valence-electron chi connectivity index (χ1n) is 4.35. The van der Waals surface area contributed by atoms with Crippen molar-refractivity contribution in [3.8, 4) is 17.1 Å². The van der Waals surface area contributed by atoms with Crippen molar-refractivity contribution in [2.24, 2.45) is 0 Å². The van der Waals surface area contributed by atoms with Gasteiger partial charge in [-0.05, 0) is 12.1 Å². The largest absolute Gasteiger partial charge is 0.652 e. The van der Waals surface area contributed by atoms with E-state index in [1.807, 2.05) is 16.6 Å². The van der Waals surface area contributed by atoms with Gasteiger partial charge < -0.3 is 3.79 Å². The maximum Gasteiger partial charge on any atom is 0.482 e. The van der Waals surface area contributed by atoms with Crippen LogP contribution in [0.2, 0.25) is 0 Å². The van der Waals surface area contributed by atoms with E-state index in [-0.39, 0.29) is 11.4 Å². The first kappa shape index (κ1) is 11.0. The predicted molar refractivity (Wildman–Crippen MR) is 53.8 cm³/mol. The molecule has 16 heavy (non-hydrogen) atoms. The summed E-state index contributed by atoms with van der Waals surface area (Å²) in [5, 5.41) is 0. The van der Waals surface area contributed by atoms with E-state index < -0.39 is 11.6 Å². The Morgan fingerprint density at radius 3 is 2.69 bits per heavy atom. The molecule has 6 heteroatoms. The van der Waals surface area contributed by atoms with Gasteiger partial charge in [0.2, 0.25) is 0 Å². The molecule has 0 saturated heterocycles. The Hall–Kier alpha value is -1.51. The van der Waals surface area contributed by atoms with Crippen molar-refractivity contribution in [3.05, 3.63) is 42.2 Å². The van der Waals surface area contributed by atoms with Crippen LogP contribution in [0.3, 0.4) is 0 Å². The third kappa shape index (κ3) is 2.03. The lowest BCUT2D eigenvalue weighted by Gasteiger charge is -2.08. The number of halogens is 2. The lowest BCUT2D eigenvalue weighted by Crippen LogP contribution is -1.97. The molecule has 0 bridgehead atoms. The van der Waals surface area contributed by atoms with Crippen molar-refractivity contribution in [2.45, 2.75) is 0 Å². The highest BCUT2D eigenvalue weighted by atomic mass is 27.1. The van der Waals surface area contributed by atoms with E-state index in [9.17, 15) is 8.78 Å². The standard InChI is InChI=1S/C10H6F2N2O.Al/c11-6-4-7(12)9(14-5-6)10-8(15)2-1-3-13-10;/h1-5,15H;/q;+1/p-1. The second-order valence-electron chi connectivity index (χ2n) is 2.95. The number of aromatic nitrogens is 2. The number of nitrogens with zero attached hydrogens (tertiary/aromatic N) is 2. The molecule has 2 aromatic heterocycles. The molecule has 0 atom stereocenters. The van der Waals surface area contributed by atoms with E-state index in [1.54, 1.807) is 12.1 Å². The van der Waals surface area contributed by atoms with Crippen LogP contribution in [0.15, 0.2) is 30.6 Å². The fourth-order valence-electron chi connectivity index (χ4n) is 1.25. The van der Waals surface area contributed by atoms with E-state index in [1.165, 1.54) is 6.20 Å². The molecule has 0 unspecified atom stereocenters. The van der Waals surface area contributed by atoms with Crippen molar-refractivity contribution in [3.63, 3.8) is 0 Å². The SMILES string of the molecule is Fc1cnc(-c2ncccc2[O][Al])c(F)c1. The molecule has 0 aromatic carbocycles. The van der Waals surface area contributed by atoms with Crippen molar-refractivity contribution in [1.82, 2.24) is 9.97 Å². The summed E-state index contributed by atoms with van der Waals surface area (Å²) in [6, 6.07) is 4.01. The zero-order valence-corrected chi connectivity index (χ0v) is 9.18. The molecular weight excluding hydrogens is 229 g/mol. The Morgan fingerprint density at radius 2 is 2.00 bits per heavy atom. The van der Waals surface area contributed by atoms with Crippen LogP contribution in [0.4, 0.5) is 8.78 Å². The van der Waals surface area contributed by atoms with E-state index in [4.69, 9.17) is 3.79 Å². The molecule has 2 aromatic rings. The van der Waals surface area contributed by atoms with Crippen molar-refractivity contribution in [1.29, 1.82) is 0 Å². The molecule has 3 nitrogen and oxygen atoms in total. The second-order valence-corrected chi connectivity index (χ2v) is 3.19. The lowest BCUT2D eigenvalue weighted by molar-refractivity contribution is 0.572. The van der Waals surface area contributed by atoms with Gasteiger partial charge in [-0.3, -0.25) is 4.98 Å². The van der Waals surface area contributed by atoms with E-state index in [2.05, 4.69) is 9.97 Å². The lowest BCUT2D eigenvalue weighted by atomic mass is 10.2. The van der Waals surface area contributed by atoms with Gasteiger partial charge >= 0.3 is 16.6 Å². The summed E-state index contributed by atoms with van der Waals surface area (Å²) in [6.07, 6.45) is 2.41. The summed E-state index contributed by atoms with van der Waals surface area (Å²) in [5.74, 6) is -1.15. The molecule has 0 amide bonds. The van der Waals surface area contributed by atoms with E-state index in [0.29, 0.717) is 5.75 Å². The van der Waals surface area contributed by atoms with Gasteiger partial charge in [0.05, 0.1) is 6.20 Å². The monoisotopic (exact) mass is 234 g/mol. The Bertz CT molecular complexity index is 522. The first-order chi connectivity index (χ1) is 7.72. The van der Waals surface area contributed by atoms with Crippen LogP contribution in [-0.4, -0.2) is 26.6 Å². The third-order valence-corrected chi connectivity index (χ3v) is 2.18. The summed E-state index contributed by atoms with van der Waals surface area (Å²) in [5.41, 5.74) is 0.189. The predicted octanol–water partition coefficient (Wildman–Crippen LogP) is 1.88. The summed E-state index contributed by atoms with van der Waals surface area (Å²) in [7, 11) is 0. The molecule has 0 N–H and O–H groups in total. The Labute approximate surface area is 98.9 Å². The van der Waals surface area contributed by atoms with Gasteiger partial charge in [-0.1, -0.05) is 0 Å². The van der Waals surface area contributed by atoms with Gasteiger partial charge in [-0.2, -0.15) is 0 Å². The highest BCUT2D eigenvalue weighted by Crippen LogP contribution is 2.27. The molecule has 0 saturated carbocycles. The van der Waals surface area contributed by atoms with Crippen molar-refractivity contribution in [2.75, 3.05) is 0 Å². The first-order valence-corrected chi connectivity index (χ1v) is 4.82. The minimum atomic E-state index is -0.776. The van der Waals surface area contributed by atoms with Crippen LogP contribution in [-0.2, 0) is 0 Å². The zero-order chi connectivity index (χ0) is 11.5. The van der Waals surface area contributed by atoms with Crippen LogP contribution >= 0.6 is 0 Å². The average Bonchev–Trinajstić information content (AvgIpc) is 2.29. The molecule has 0 aliphatic carbocycles. The van der Waals surface area contributed by atoms with Crippen molar-refractivity contribution < 1.29 is 12.6 Å². The number of hydrogen-bond donors (Lipinski definition) is 0. The minimum Gasteiger partial charge on any atom is -0.652 e. The summed E-state index contributed by atoms with van der Waals surface area (Å²) in [4.78, 5) is 7.60. The number of pyridine rings is 2. The summed E-state index contributed by atoms with van der Waals surface area (Å²) >= 11 is 2.04. The van der Waals surface area contributed by atoms with Crippen molar-refractivity contribution >= 4 is 16.6 Å². The topological polar surface area (TPSA) is 35.0 Å². The average molecular weight is 234 g/mol. The van der Waals surface area contributed by atoms with E-state index >= 15 is 0 Å². The second kappa shape index (κ2) is 4.56. The fraction of sp³-hybridized carbons (Fsp3) is 0. The molecule has 2 heterocycles. The smallest absolute Gasteiger partial charge is 0.482 e. The zero-order valence-electron chi connectivity index (χ0n) is 8.02. The van der Waals surface area contributed by atoms with Crippen LogP contribution in [0.25, 0.3) is 11.4 Å². The van der Waals surface area contributed by atoms with Gasteiger partial charge in [-0.15, -0.1) is 0 Å². The maximum atomic E-state index is 13.4. The molecule has 0 aliphatic heterocycles. The molecule has 0 fully saturated rings. The fourth-order valence-corrected chi connectivity index (χ4v) is 1.44. The van der Waals surface area contributed by atoms with Gasteiger partial charge in [0.25, 0.3) is 0 Å². The summed E-state index contributed by atoms with van der Waals surface area (Å²) < 4.78 is 31.1. The highest BCUT2D eigenvalue weighted by Gasteiger charge is 2.13. The molecule has 78 valence electrons. The van der Waals surface area contributed by atoms with Gasteiger partial charge in [0.15, 0.2) is 5.82 Å². The quantitative estimate of drug-likeness (QED) is 0.744. The van der Waals surface area contributed by atoms with Crippen LogP contribution < -0.4 is 3.79 Å². The maximum absolute atomic E-state index is 13.4. The minimum absolute atomic E-state index is 0.0422. The summed E-state index contributed by atoms with van der Waals surface area (Å²) in [6.45, 7) is 0. The van der Waals surface area contributed by atoms with Crippen LogP contribution in [0, 0.1) is 11.6 Å². The third-order valence-electron chi connectivity index (χ3n) is 1.93.